The van der Waals surface area contributed by atoms with Crippen LogP contribution < -0.4 is 20.1 Å². The van der Waals surface area contributed by atoms with Crippen LogP contribution in [0.25, 0.3) is 0 Å². The molecular weight excluding hydrogens is 316 g/mol. The standard InChI is InChI=1S/C20H24N2O3/c1-24-17-7-9-18(10-8-17)25-14-13-21-19(23)22-15-20(11-12-20)16-5-3-2-4-6-16/h2-10H,11-15H2,1H3,(H2,21,22,23). The van der Waals surface area contributed by atoms with Gasteiger partial charge in [0.05, 0.1) is 13.7 Å². The molecular formula is C20H24N2O3. The number of amides is 2. The maximum Gasteiger partial charge on any atom is 0.314 e. The average molecular weight is 340 g/mol. The van der Waals surface area contributed by atoms with Crippen molar-refractivity contribution in [2.24, 2.45) is 0 Å². The Morgan fingerprint density at radius 2 is 1.68 bits per heavy atom. The lowest BCUT2D eigenvalue weighted by Gasteiger charge is -2.17. The van der Waals surface area contributed by atoms with Crippen LogP contribution in [0.5, 0.6) is 11.5 Å². The van der Waals surface area contributed by atoms with Crippen molar-refractivity contribution < 1.29 is 14.3 Å². The molecule has 0 spiro atoms. The second-order valence-electron chi connectivity index (χ2n) is 6.28. The zero-order chi connectivity index (χ0) is 17.5. The van der Waals surface area contributed by atoms with Gasteiger partial charge in [0.1, 0.15) is 18.1 Å². The Hall–Kier alpha value is -2.69. The van der Waals surface area contributed by atoms with Crippen molar-refractivity contribution in [1.82, 2.24) is 10.6 Å². The molecule has 0 bridgehead atoms. The highest BCUT2D eigenvalue weighted by Gasteiger charge is 2.44. The number of hydrogen-bond donors (Lipinski definition) is 2. The number of ether oxygens (including phenoxy) is 2. The van der Waals surface area contributed by atoms with Crippen molar-refractivity contribution in [3.63, 3.8) is 0 Å². The summed E-state index contributed by atoms with van der Waals surface area (Å²) in [6.07, 6.45) is 2.25. The minimum absolute atomic E-state index is 0.123. The van der Waals surface area contributed by atoms with Crippen LogP contribution in [0.3, 0.4) is 0 Å². The Morgan fingerprint density at radius 1 is 1.00 bits per heavy atom. The van der Waals surface area contributed by atoms with Gasteiger partial charge in [0, 0.05) is 12.0 Å². The van der Waals surface area contributed by atoms with E-state index in [1.54, 1.807) is 7.11 Å². The fourth-order valence-electron chi connectivity index (χ4n) is 2.83. The zero-order valence-corrected chi connectivity index (χ0v) is 14.5. The van der Waals surface area contributed by atoms with Crippen LogP contribution in [-0.4, -0.2) is 32.8 Å². The van der Waals surface area contributed by atoms with Crippen LogP contribution in [0.4, 0.5) is 4.79 Å². The molecule has 0 aromatic heterocycles. The molecule has 0 radical (unpaired) electrons. The van der Waals surface area contributed by atoms with E-state index in [9.17, 15) is 4.79 Å². The Bertz CT molecular complexity index is 682. The topological polar surface area (TPSA) is 59.6 Å². The predicted molar refractivity (Wildman–Crippen MR) is 97.2 cm³/mol. The first kappa shape index (κ1) is 17.1. The lowest BCUT2D eigenvalue weighted by molar-refractivity contribution is 0.235. The van der Waals surface area contributed by atoms with E-state index in [4.69, 9.17) is 9.47 Å². The minimum Gasteiger partial charge on any atom is -0.497 e. The number of methoxy groups -OCH3 is 1. The van der Waals surface area contributed by atoms with Gasteiger partial charge in [0.2, 0.25) is 0 Å². The third kappa shape index (κ3) is 4.66. The van der Waals surface area contributed by atoms with Crippen LogP contribution in [0.2, 0.25) is 0 Å². The monoisotopic (exact) mass is 340 g/mol. The Labute approximate surface area is 148 Å². The molecule has 0 unspecified atom stereocenters. The Kier molecular flexibility index (Phi) is 5.43. The lowest BCUT2D eigenvalue weighted by atomic mass is 9.96. The number of carbonyl (C=O) groups is 1. The molecule has 1 aliphatic carbocycles. The fraction of sp³-hybridized carbons (Fsp3) is 0.350. The number of hydrogen-bond acceptors (Lipinski definition) is 3. The molecule has 2 amide bonds. The highest BCUT2D eigenvalue weighted by Crippen LogP contribution is 2.47. The van der Waals surface area contributed by atoms with Gasteiger partial charge in [-0.2, -0.15) is 0 Å². The van der Waals surface area contributed by atoms with E-state index in [0.29, 0.717) is 19.7 Å². The highest BCUT2D eigenvalue weighted by molar-refractivity contribution is 5.74. The molecule has 1 fully saturated rings. The smallest absolute Gasteiger partial charge is 0.314 e. The molecule has 132 valence electrons. The number of rotatable bonds is 8. The maximum atomic E-state index is 11.9. The van der Waals surface area contributed by atoms with Crippen LogP contribution in [0.1, 0.15) is 18.4 Å². The van der Waals surface area contributed by atoms with Gasteiger partial charge in [-0.1, -0.05) is 30.3 Å². The summed E-state index contributed by atoms with van der Waals surface area (Å²) in [6.45, 7) is 1.54. The molecule has 25 heavy (non-hydrogen) atoms. The third-order valence-corrected chi connectivity index (χ3v) is 4.54. The van der Waals surface area contributed by atoms with Crippen molar-refractivity contribution in [3.05, 3.63) is 60.2 Å². The van der Waals surface area contributed by atoms with Crippen LogP contribution in [-0.2, 0) is 5.41 Å². The largest absolute Gasteiger partial charge is 0.497 e. The summed E-state index contributed by atoms with van der Waals surface area (Å²) in [4.78, 5) is 11.9. The van der Waals surface area contributed by atoms with E-state index in [2.05, 4.69) is 22.8 Å². The van der Waals surface area contributed by atoms with Gasteiger partial charge < -0.3 is 20.1 Å². The third-order valence-electron chi connectivity index (χ3n) is 4.54. The number of urea groups is 1. The Morgan fingerprint density at radius 3 is 2.32 bits per heavy atom. The summed E-state index contributed by atoms with van der Waals surface area (Å²) < 4.78 is 10.7. The van der Waals surface area contributed by atoms with Gasteiger partial charge in [0.25, 0.3) is 0 Å². The van der Waals surface area contributed by atoms with E-state index in [0.717, 1.165) is 24.3 Å². The average Bonchev–Trinajstić information content (AvgIpc) is 3.46. The normalized spacial score (nSPS) is 14.4. The first-order valence-corrected chi connectivity index (χ1v) is 8.56. The van der Waals surface area contributed by atoms with Gasteiger partial charge in [-0.25, -0.2) is 4.79 Å². The summed E-state index contributed by atoms with van der Waals surface area (Å²) in [7, 11) is 1.63. The summed E-state index contributed by atoms with van der Waals surface area (Å²) in [5.41, 5.74) is 1.43. The molecule has 0 saturated heterocycles. The molecule has 2 aromatic rings. The maximum absolute atomic E-state index is 11.9. The van der Waals surface area contributed by atoms with Crippen molar-refractivity contribution in [2.45, 2.75) is 18.3 Å². The van der Waals surface area contributed by atoms with Crippen molar-refractivity contribution in [1.29, 1.82) is 0 Å². The van der Waals surface area contributed by atoms with Crippen LogP contribution >= 0.6 is 0 Å². The van der Waals surface area contributed by atoms with Crippen molar-refractivity contribution in [2.75, 3.05) is 26.8 Å². The van der Waals surface area contributed by atoms with E-state index >= 15 is 0 Å². The van der Waals surface area contributed by atoms with E-state index in [-0.39, 0.29) is 11.4 Å². The van der Waals surface area contributed by atoms with Crippen molar-refractivity contribution in [3.8, 4) is 11.5 Å². The molecule has 5 nitrogen and oxygen atoms in total. The zero-order valence-electron chi connectivity index (χ0n) is 14.5. The lowest BCUT2D eigenvalue weighted by Crippen LogP contribution is -2.41. The molecule has 2 N–H and O–H groups in total. The quantitative estimate of drug-likeness (QED) is 0.726. The van der Waals surface area contributed by atoms with Gasteiger partial charge >= 0.3 is 6.03 Å². The van der Waals surface area contributed by atoms with Crippen LogP contribution in [0, 0.1) is 0 Å². The molecule has 1 aliphatic rings. The van der Waals surface area contributed by atoms with E-state index in [1.165, 1.54) is 5.56 Å². The predicted octanol–water partition coefficient (Wildman–Crippen LogP) is 3.11. The number of carbonyl (C=O) groups excluding carboxylic acids is 1. The summed E-state index contributed by atoms with van der Waals surface area (Å²) >= 11 is 0. The molecule has 3 rings (SSSR count). The molecule has 0 aliphatic heterocycles. The molecule has 0 heterocycles. The van der Waals surface area contributed by atoms with Crippen LogP contribution in [0.15, 0.2) is 54.6 Å². The Balaban J connectivity index is 1.34. The van der Waals surface area contributed by atoms with Gasteiger partial charge in [-0.3, -0.25) is 0 Å². The molecule has 1 saturated carbocycles. The van der Waals surface area contributed by atoms with Gasteiger partial charge in [-0.15, -0.1) is 0 Å². The second kappa shape index (κ2) is 7.92. The second-order valence-corrected chi connectivity index (χ2v) is 6.28. The summed E-state index contributed by atoms with van der Waals surface area (Å²) in [5, 5.41) is 5.80. The molecule has 0 atom stereocenters. The first-order chi connectivity index (χ1) is 12.2. The SMILES string of the molecule is COc1ccc(OCCNC(=O)NCC2(c3ccccc3)CC2)cc1. The van der Waals surface area contributed by atoms with Gasteiger partial charge in [-0.05, 0) is 42.7 Å². The minimum atomic E-state index is -0.152. The first-order valence-electron chi connectivity index (χ1n) is 8.56. The van der Waals surface area contributed by atoms with Gasteiger partial charge in [0.15, 0.2) is 0 Å². The number of benzene rings is 2. The summed E-state index contributed by atoms with van der Waals surface area (Å²) in [5.74, 6) is 1.54. The molecule has 2 aromatic carbocycles. The fourth-order valence-corrected chi connectivity index (χ4v) is 2.83. The van der Waals surface area contributed by atoms with Crippen molar-refractivity contribution >= 4 is 6.03 Å². The highest BCUT2D eigenvalue weighted by atomic mass is 16.5. The van der Waals surface area contributed by atoms with E-state index in [1.807, 2.05) is 42.5 Å². The molecule has 5 heteroatoms. The van der Waals surface area contributed by atoms with E-state index < -0.39 is 0 Å². The summed E-state index contributed by atoms with van der Waals surface area (Å²) in [6, 6.07) is 17.6. The number of nitrogens with one attached hydrogen (secondary N) is 2.